The Balaban J connectivity index is 4.68. The van der Waals surface area contributed by atoms with E-state index in [1.807, 2.05) is 13.8 Å². The third-order valence-corrected chi connectivity index (χ3v) is 1.74. The second-order valence-electron chi connectivity index (χ2n) is 3.54. The van der Waals surface area contributed by atoms with Crippen molar-refractivity contribution in [3.8, 4) is 0 Å². The molecule has 0 aromatic heterocycles. The third kappa shape index (κ3) is 5.98. The molecule has 0 heterocycles. The van der Waals surface area contributed by atoms with Crippen LogP contribution >= 0.6 is 0 Å². The van der Waals surface area contributed by atoms with E-state index in [1.165, 1.54) is 6.08 Å². The Morgan fingerprint density at radius 2 is 2.12 bits per heavy atom. The quantitative estimate of drug-likeness (QED) is 0.394. The molecule has 0 fully saturated rings. The van der Waals surface area contributed by atoms with Crippen molar-refractivity contribution < 1.29 is 9.84 Å². The van der Waals surface area contributed by atoms with E-state index in [-0.39, 0.29) is 17.4 Å². The van der Waals surface area contributed by atoms with Gasteiger partial charge in [0.05, 0.1) is 12.7 Å². The van der Waals surface area contributed by atoms with Crippen LogP contribution in [-0.2, 0) is 4.74 Å². The Bertz CT molecular complexity index is 325. The van der Waals surface area contributed by atoms with E-state index in [0.717, 1.165) is 11.8 Å². The molecule has 2 N–H and O–H groups in total. The summed E-state index contributed by atoms with van der Waals surface area (Å²) >= 11 is 0. The van der Waals surface area contributed by atoms with Gasteiger partial charge >= 0.3 is 0 Å². The summed E-state index contributed by atoms with van der Waals surface area (Å²) in [6.45, 7) is 11.4. The maximum absolute atomic E-state index is 9.56. The molecule has 0 saturated heterocycles. The fraction of sp³-hybridized carbons (Fsp3) is 0.308. The lowest BCUT2D eigenvalue weighted by molar-refractivity contribution is 0.0986. The first-order chi connectivity index (χ1) is 7.51. The molecule has 0 saturated carbocycles. The van der Waals surface area contributed by atoms with Crippen LogP contribution in [-0.4, -0.2) is 24.0 Å². The van der Waals surface area contributed by atoms with Gasteiger partial charge in [0.25, 0.3) is 0 Å². The number of aliphatic hydroxyl groups is 1. The molecule has 0 rings (SSSR count). The highest BCUT2D eigenvalue weighted by atomic mass is 16.5. The third-order valence-electron chi connectivity index (χ3n) is 1.74. The summed E-state index contributed by atoms with van der Waals surface area (Å²) in [5.41, 5.74) is 1.05. The molecular weight excluding hydrogens is 202 g/mol. The summed E-state index contributed by atoms with van der Waals surface area (Å²) in [6, 6.07) is 0. The predicted octanol–water partition coefficient (Wildman–Crippen LogP) is 3.17. The van der Waals surface area contributed by atoms with Crippen LogP contribution in [0.2, 0.25) is 0 Å². The number of nitrogens with one attached hydrogen (secondary N) is 1. The lowest BCUT2D eigenvalue weighted by atomic mass is 10.1. The topological polar surface area (TPSA) is 53.3 Å². The van der Waals surface area contributed by atoms with Crippen molar-refractivity contribution in [3.63, 3.8) is 0 Å². The van der Waals surface area contributed by atoms with Crippen molar-refractivity contribution in [3.05, 3.63) is 48.3 Å². The molecule has 88 valence electrons. The van der Waals surface area contributed by atoms with Crippen LogP contribution in [0.3, 0.4) is 0 Å². The monoisotopic (exact) mass is 221 g/mol. The van der Waals surface area contributed by atoms with E-state index in [2.05, 4.69) is 13.2 Å². The van der Waals surface area contributed by atoms with Crippen LogP contribution in [0.25, 0.3) is 0 Å². The maximum atomic E-state index is 9.56. The molecule has 16 heavy (non-hydrogen) atoms. The highest BCUT2D eigenvalue weighted by molar-refractivity contribution is 5.80. The van der Waals surface area contributed by atoms with Crippen molar-refractivity contribution in [1.82, 2.24) is 0 Å². The van der Waals surface area contributed by atoms with Crippen LogP contribution in [0, 0.1) is 5.41 Å². The molecule has 0 aliphatic rings. The van der Waals surface area contributed by atoms with Crippen LogP contribution in [0.4, 0.5) is 0 Å². The van der Waals surface area contributed by atoms with Gasteiger partial charge < -0.3 is 15.3 Å². The summed E-state index contributed by atoms with van der Waals surface area (Å²) in [5, 5.41) is 16.5. The van der Waals surface area contributed by atoms with Gasteiger partial charge in [-0.25, -0.2) is 0 Å². The minimum absolute atomic E-state index is 0.0320. The number of aliphatic hydroxyl groups excluding tert-OH is 1. The Morgan fingerprint density at radius 3 is 2.56 bits per heavy atom. The Kier molecular flexibility index (Phi) is 6.88. The lowest BCUT2D eigenvalue weighted by Gasteiger charge is -2.08. The normalized spacial score (nSPS) is 12.7. The number of allylic oxidation sites excluding steroid dienone is 3. The van der Waals surface area contributed by atoms with Crippen molar-refractivity contribution in [2.75, 3.05) is 6.61 Å². The highest BCUT2D eigenvalue weighted by Crippen LogP contribution is 2.08. The minimum Gasteiger partial charge on any atom is -0.507 e. The number of hydrogen-bond acceptors (Lipinski definition) is 3. The maximum Gasteiger partial charge on any atom is 0.124 e. The summed E-state index contributed by atoms with van der Waals surface area (Å²) in [5.74, 6) is -0.0320. The van der Waals surface area contributed by atoms with Gasteiger partial charge in [-0.2, -0.15) is 0 Å². The zero-order valence-electron chi connectivity index (χ0n) is 9.86. The molecule has 0 amide bonds. The average Bonchev–Trinajstić information content (AvgIpc) is 2.24. The highest BCUT2D eigenvalue weighted by Gasteiger charge is 2.01. The number of rotatable bonds is 7. The summed E-state index contributed by atoms with van der Waals surface area (Å²) < 4.78 is 5.41. The van der Waals surface area contributed by atoms with Crippen molar-refractivity contribution in [2.45, 2.75) is 20.0 Å². The van der Waals surface area contributed by atoms with E-state index in [9.17, 15) is 5.11 Å². The smallest absolute Gasteiger partial charge is 0.124 e. The molecule has 0 radical (unpaired) electrons. The van der Waals surface area contributed by atoms with Gasteiger partial charge in [0.15, 0.2) is 0 Å². The zero-order chi connectivity index (χ0) is 12.6. The Morgan fingerprint density at radius 1 is 1.50 bits per heavy atom. The average molecular weight is 221 g/mol. The fourth-order valence-electron chi connectivity index (χ4n) is 0.894. The molecule has 0 unspecified atom stereocenters. The first-order valence-corrected chi connectivity index (χ1v) is 5.04. The molecule has 0 aliphatic heterocycles. The van der Waals surface area contributed by atoms with Crippen LogP contribution in [0.15, 0.2) is 48.3 Å². The lowest BCUT2D eigenvalue weighted by Crippen LogP contribution is -2.05. The second-order valence-corrected chi connectivity index (χ2v) is 3.54. The Hall–Kier alpha value is -1.61. The van der Waals surface area contributed by atoms with Gasteiger partial charge in [0.1, 0.15) is 5.76 Å². The van der Waals surface area contributed by atoms with E-state index in [0.29, 0.717) is 6.61 Å². The molecule has 0 spiro atoms. The summed E-state index contributed by atoms with van der Waals surface area (Å²) in [4.78, 5) is 0. The standard InChI is InChI=1S/C13H19NO2/c1-5-6-12(9-16-10(2)3)7-13(15)11(4)8-14/h5-8,10,14-15H,1,4,9H2,2-3H3/b12-6+,13-7+,14-8?. The van der Waals surface area contributed by atoms with Crippen LogP contribution < -0.4 is 0 Å². The number of hydrogen-bond donors (Lipinski definition) is 2. The van der Waals surface area contributed by atoms with Gasteiger partial charge in [0, 0.05) is 11.8 Å². The van der Waals surface area contributed by atoms with E-state index in [4.69, 9.17) is 10.1 Å². The second kappa shape index (κ2) is 7.65. The molecule has 0 aromatic rings. The van der Waals surface area contributed by atoms with E-state index < -0.39 is 0 Å². The SMILES string of the molecule is C=C/C=C(\C=C(\O)C(=C)C=N)COC(C)C. The molecule has 0 bridgehead atoms. The molecule has 0 aromatic carbocycles. The molecular formula is C13H19NO2. The van der Waals surface area contributed by atoms with E-state index in [1.54, 1.807) is 12.2 Å². The van der Waals surface area contributed by atoms with Gasteiger partial charge in [-0.05, 0) is 25.5 Å². The first kappa shape index (κ1) is 14.4. The number of ether oxygens (including phenoxy) is 1. The largest absolute Gasteiger partial charge is 0.507 e. The van der Waals surface area contributed by atoms with Crippen molar-refractivity contribution in [1.29, 1.82) is 5.41 Å². The van der Waals surface area contributed by atoms with Gasteiger partial charge in [0.2, 0.25) is 0 Å². The van der Waals surface area contributed by atoms with Crippen molar-refractivity contribution in [2.24, 2.45) is 0 Å². The molecule has 0 aliphatic carbocycles. The fourth-order valence-corrected chi connectivity index (χ4v) is 0.894. The Labute approximate surface area is 97.0 Å². The predicted molar refractivity (Wildman–Crippen MR) is 68.0 cm³/mol. The minimum atomic E-state index is -0.0320. The molecule has 0 atom stereocenters. The zero-order valence-corrected chi connectivity index (χ0v) is 9.86. The van der Waals surface area contributed by atoms with Crippen molar-refractivity contribution >= 4 is 6.21 Å². The van der Waals surface area contributed by atoms with Gasteiger partial charge in [-0.1, -0.05) is 25.3 Å². The summed E-state index contributed by atoms with van der Waals surface area (Å²) in [7, 11) is 0. The van der Waals surface area contributed by atoms with Gasteiger partial charge in [-0.15, -0.1) is 0 Å². The molecule has 3 nitrogen and oxygen atoms in total. The van der Waals surface area contributed by atoms with E-state index >= 15 is 0 Å². The van der Waals surface area contributed by atoms with Gasteiger partial charge in [-0.3, -0.25) is 0 Å². The van der Waals surface area contributed by atoms with Crippen LogP contribution in [0.5, 0.6) is 0 Å². The first-order valence-electron chi connectivity index (χ1n) is 5.04. The molecule has 3 heteroatoms. The summed E-state index contributed by atoms with van der Waals surface area (Å²) in [6.07, 6.45) is 6.01. The van der Waals surface area contributed by atoms with Crippen LogP contribution in [0.1, 0.15) is 13.8 Å².